The SMILES string of the molecule is CC(Nc1nccc(N2C(=O)OCC2C(C)C)n1)c1cnc(Oc2ccc(F)cc2)cn1. The number of nitrogens with one attached hydrogen (secondary N) is 1. The lowest BCUT2D eigenvalue weighted by atomic mass is 10.0. The van der Waals surface area contributed by atoms with Crippen molar-refractivity contribution in [1.82, 2.24) is 19.9 Å². The highest BCUT2D eigenvalue weighted by atomic mass is 19.1. The van der Waals surface area contributed by atoms with Crippen LogP contribution < -0.4 is 15.0 Å². The van der Waals surface area contributed by atoms with Crippen molar-refractivity contribution in [3.05, 3.63) is 60.4 Å². The second-order valence-electron chi connectivity index (χ2n) is 7.70. The Morgan fingerprint density at radius 2 is 1.91 bits per heavy atom. The summed E-state index contributed by atoms with van der Waals surface area (Å²) < 4.78 is 23.8. The number of amides is 1. The molecule has 0 spiro atoms. The standard InChI is InChI=1S/C22H23FN6O3/c1-13(2)18-12-31-22(30)29(18)19-8-9-24-21(28-19)27-14(3)17-10-26-20(11-25-17)32-16-6-4-15(23)5-7-16/h4-11,13-14,18H,12H2,1-3H3,(H,24,27,28). The average Bonchev–Trinajstić information content (AvgIpc) is 3.18. The second-order valence-corrected chi connectivity index (χ2v) is 7.70. The van der Waals surface area contributed by atoms with Crippen LogP contribution >= 0.6 is 0 Å². The van der Waals surface area contributed by atoms with E-state index in [1.165, 1.54) is 30.5 Å². The van der Waals surface area contributed by atoms with Gasteiger partial charge in [-0.15, -0.1) is 0 Å². The van der Waals surface area contributed by atoms with E-state index < -0.39 is 6.09 Å². The summed E-state index contributed by atoms with van der Waals surface area (Å²) >= 11 is 0. The van der Waals surface area contributed by atoms with E-state index in [1.807, 2.05) is 20.8 Å². The summed E-state index contributed by atoms with van der Waals surface area (Å²) in [6.07, 6.45) is 4.24. The summed E-state index contributed by atoms with van der Waals surface area (Å²) in [6, 6.07) is 6.98. The van der Waals surface area contributed by atoms with Crippen molar-refractivity contribution in [2.45, 2.75) is 32.9 Å². The monoisotopic (exact) mass is 438 g/mol. The Bertz CT molecular complexity index is 1080. The van der Waals surface area contributed by atoms with Gasteiger partial charge in [-0.05, 0) is 43.2 Å². The number of carbonyl (C=O) groups excluding carboxylic acids is 1. The van der Waals surface area contributed by atoms with Gasteiger partial charge in [-0.2, -0.15) is 4.98 Å². The highest BCUT2D eigenvalue weighted by Crippen LogP contribution is 2.27. The van der Waals surface area contributed by atoms with Crippen molar-refractivity contribution in [2.75, 3.05) is 16.8 Å². The van der Waals surface area contributed by atoms with Crippen molar-refractivity contribution in [3.8, 4) is 11.6 Å². The van der Waals surface area contributed by atoms with Gasteiger partial charge in [0, 0.05) is 6.20 Å². The summed E-state index contributed by atoms with van der Waals surface area (Å²) in [6.45, 7) is 6.29. The number of anilines is 2. The second kappa shape index (κ2) is 9.13. The predicted octanol–water partition coefficient (Wildman–Crippen LogP) is 4.35. The molecule has 1 N–H and O–H groups in total. The molecule has 4 rings (SSSR count). The summed E-state index contributed by atoms with van der Waals surface area (Å²) in [5.74, 6) is 1.46. The topological polar surface area (TPSA) is 102 Å². The number of halogens is 1. The molecule has 2 atom stereocenters. The van der Waals surface area contributed by atoms with Crippen molar-refractivity contribution in [1.29, 1.82) is 0 Å². The summed E-state index contributed by atoms with van der Waals surface area (Å²) in [5.41, 5.74) is 0.645. The van der Waals surface area contributed by atoms with Gasteiger partial charge in [0.1, 0.15) is 24.0 Å². The normalized spacial score (nSPS) is 16.7. The molecule has 3 heterocycles. The Labute approximate surface area is 184 Å². The van der Waals surface area contributed by atoms with E-state index in [2.05, 4.69) is 25.3 Å². The zero-order valence-electron chi connectivity index (χ0n) is 17.9. The number of benzene rings is 1. The number of aromatic nitrogens is 4. The fourth-order valence-corrected chi connectivity index (χ4v) is 3.24. The van der Waals surface area contributed by atoms with Crippen LogP contribution in [0.3, 0.4) is 0 Å². The summed E-state index contributed by atoms with van der Waals surface area (Å²) in [7, 11) is 0. The lowest BCUT2D eigenvalue weighted by Gasteiger charge is -2.23. The molecule has 0 radical (unpaired) electrons. The van der Waals surface area contributed by atoms with Crippen molar-refractivity contribution >= 4 is 17.9 Å². The highest BCUT2D eigenvalue weighted by Gasteiger charge is 2.37. The maximum Gasteiger partial charge on any atom is 0.415 e. The van der Waals surface area contributed by atoms with E-state index in [9.17, 15) is 9.18 Å². The minimum atomic E-state index is -0.413. The Balaban J connectivity index is 1.43. The minimum absolute atomic E-state index is 0.0813. The third-order valence-corrected chi connectivity index (χ3v) is 5.04. The fourth-order valence-electron chi connectivity index (χ4n) is 3.24. The van der Waals surface area contributed by atoms with E-state index in [-0.39, 0.29) is 29.7 Å². The molecule has 1 amide bonds. The van der Waals surface area contributed by atoms with Crippen molar-refractivity contribution in [2.24, 2.45) is 5.92 Å². The number of carbonyl (C=O) groups is 1. The zero-order valence-corrected chi connectivity index (χ0v) is 17.9. The molecular weight excluding hydrogens is 415 g/mol. The Morgan fingerprint density at radius 3 is 2.59 bits per heavy atom. The Kier molecular flexibility index (Phi) is 6.11. The van der Waals surface area contributed by atoms with Gasteiger partial charge < -0.3 is 14.8 Å². The highest BCUT2D eigenvalue weighted by molar-refractivity contribution is 5.89. The minimum Gasteiger partial charge on any atom is -0.447 e. The van der Waals surface area contributed by atoms with E-state index in [0.717, 1.165) is 0 Å². The van der Waals surface area contributed by atoms with Gasteiger partial charge in [-0.25, -0.2) is 19.2 Å². The van der Waals surface area contributed by atoms with Crippen LogP contribution in [0.2, 0.25) is 0 Å². The molecule has 0 bridgehead atoms. The predicted molar refractivity (Wildman–Crippen MR) is 115 cm³/mol. The van der Waals surface area contributed by atoms with Crippen LogP contribution in [-0.4, -0.2) is 38.7 Å². The van der Waals surface area contributed by atoms with Crippen LogP contribution in [0.25, 0.3) is 0 Å². The number of hydrogen-bond acceptors (Lipinski definition) is 8. The van der Waals surface area contributed by atoms with Gasteiger partial charge in [-0.3, -0.25) is 9.88 Å². The molecule has 0 saturated carbocycles. The molecule has 1 aromatic carbocycles. The molecule has 10 heteroatoms. The van der Waals surface area contributed by atoms with E-state index in [0.29, 0.717) is 29.8 Å². The van der Waals surface area contributed by atoms with Crippen LogP contribution in [-0.2, 0) is 4.74 Å². The molecule has 1 saturated heterocycles. The first-order valence-corrected chi connectivity index (χ1v) is 10.2. The summed E-state index contributed by atoms with van der Waals surface area (Å²) in [4.78, 5) is 31.1. The van der Waals surface area contributed by atoms with E-state index in [4.69, 9.17) is 9.47 Å². The lowest BCUT2D eigenvalue weighted by Crippen LogP contribution is -2.37. The lowest BCUT2D eigenvalue weighted by molar-refractivity contribution is 0.177. The quantitative estimate of drug-likeness (QED) is 0.581. The van der Waals surface area contributed by atoms with Crippen LogP contribution in [0.1, 0.15) is 32.5 Å². The molecule has 1 aliphatic rings. The first-order valence-electron chi connectivity index (χ1n) is 10.2. The van der Waals surface area contributed by atoms with Gasteiger partial charge >= 0.3 is 6.09 Å². The van der Waals surface area contributed by atoms with Crippen LogP contribution in [0.4, 0.5) is 21.0 Å². The number of cyclic esters (lactones) is 1. The zero-order chi connectivity index (χ0) is 22.7. The first kappa shape index (κ1) is 21.4. The van der Waals surface area contributed by atoms with E-state index >= 15 is 0 Å². The molecular formula is C22H23FN6O3. The van der Waals surface area contributed by atoms with Gasteiger partial charge in [-0.1, -0.05) is 13.8 Å². The third kappa shape index (κ3) is 4.74. The molecule has 9 nitrogen and oxygen atoms in total. The number of rotatable bonds is 7. The number of hydrogen-bond donors (Lipinski definition) is 1. The molecule has 3 aromatic rings. The van der Waals surface area contributed by atoms with Crippen LogP contribution in [0, 0.1) is 11.7 Å². The van der Waals surface area contributed by atoms with E-state index in [1.54, 1.807) is 23.4 Å². The van der Waals surface area contributed by atoms with Crippen LogP contribution in [0.15, 0.2) is 48.9 Å². The molecule has 32 heavy (non-hydrogen) atoms. The first-order chi connectivity index (χ1) is 15.4. The molecule has 2 aromatic heterocycles. The Morgan fingerprint density at radius 1 is 1.12 bits per heavy atom. The molecule has 0 aliphatic carbocycles. The summed E-state index contributed by atoms with van der Waals surface area (Å²) in [5, 5.41) is 3.17. The average molecular weight is 438 g/mol. The van der Waals surface area contributed by atoms with Gasteiger partial charge in [0.05, 0.1) is 30.2 Å². The smallest absolute Gasteiger partial charge is 0.415 e. The van der Waals surface area contributed by atoms with Gasteiger partial charge in [0.15, 0.2) is 0 Å². The fraction of sp³-hybridized carbons (Fsp3) is 0.318. The number of nitrogens with zero attached hydrogens (tertiary/aromatic N) is 5. The van der Waals surface area contributed by atoms with Crippen LogP contribution in [0.5, 0.6) is 11.6 Å². The molecule has 2 unspecified atom stereocenters. The number of ether oxygens (including phenoxy) is 2. The maximum absolute atomic E-state index is 13.0. The largest absolute Gasteiger partial charge is 0.447 e. The molecule has 1 aliphatic heterocycles. The molecule has 1 fully saturated rings. The third-order valence-electron chi connectivity index (χ3n) is 5.04. The maximum atomic E-state index is 13.0. The van der Waals surface area contributed by atoms with Crippen molar-refractivity contribution in [3.63, 3.8) is 0 Å². The van der Waals surface area contributed by atoms with Gasteiger partial charge in [0.2, 0.25) is 11.8 Å². The molecule has 166 valence electrons. The Hall–Kier alpha value is -3.82. The van der Waals surface area contributed by atoms with Gasteiger partial charge in [0.25, 0.3) is 0 Å². The van der Waals surface area contributed by atoms with Crippen molar-refractivity contribution < 1.29 is 18.7 Å².